The summed E-state index contributed by atoms with van der Waals surface area (Å²) in [6.07, 6.45) is 6.29. The number of hydrogen-bond acceptors (Lipinski definition) is 6. The largest absolute Gasteiger partial charge is 0.350 e. The molecule has 2 aliphatic rings. The number of carbonyl (C=O) groups excluding carboxylic acids is 1. The molecule has 0 radical (unpaired) electrons. The maximum absolute atomic E-state index is 12.9. The van der Waals surface area contributed by atoms with Crippen molar-refractivity contribution in [2.45, 2.75) is 38.3 Å². The number of amides is 1. The molecule has 3 aromatic rings. The normalized spacial score (nSPS) is 22.3. The Hall–Kier alpha value is -2.48. The minimum Gasteiger partial charge on any atom is -0.350 e. The molecule has 5 rings (SSSR count). The van der Waals surface area contributed by atoms with E-state index in [2.05, 4.69) is 25.0 Å². The van der Waals surface area contributed by atoms with Crippen LogP contribution in [0, 0.1) is 6.92 Å². The number of thiazole rings is 1. The van der Waals surface area contributed by atoms with Crippen LogP contribution in [-0.2, 0) is 11.2 Å². The van der Waals surface area contributed by atoms with Crippen molar-refractivity contribution in [1.82, 2.24) is 24.5 Å². The Labute approximate surface area is 155 Å². The van der Waals surface area contributed by atoms with Crippen molar-refractivity contribution in [1.29, 1.82) is 0 Å². The number of likely N-dealkylation sites (tertiary alicyclic amines) is 1. The van der Waals surface area contributed by atoms with Crippen LogP contribution in [0.25, 0.3) is 4.96 Å². The Morgan fingerprint density at radius 2 is 2.12 bits per heavy atom. The summed E-state index contributed by atoms with van der Waals surface area (Å²) in [7, 11) is 0. The second-order valence-electron chi connectivity index (χ2n) is 7.03. The molecular weight excluding hydrogens is 348 g/mol. The predicted octanol–water partition coefficient (Wildman–Crippen LogP) is 1.92. The van der Waals surface area contributed by atoms with E-state index in [0.29, 0.717) is 12.5 Å². The molecule has 8 heteroatoms. The van der Waals surface area contributed by atoms with E-state index in [1.165, 1.54) is 0 Å². The molecule has 3 aromatic heterocycles. The van der Waals surface area contributed by atoms with Gasteiger partial charge < -0.3 is 9.80 Å². The minimum absolute atomic E-state index is 0.181. The lowest BCUT2D eigenvalue weighted by Crippen LogP contribution is -2.40. The Balaban J connectivity index is 1.30. The first-order chi connectivity index (χ1) is 12.7. The van der Waals surface area contributed by atoms with Crippen LogP contribution >= 0.6 is 11.3 Å². The van der Waals surface area contributed by atoms with E-state index in [0.717, 1.165) is 48.1 Å². The van der Waals surface area contributed by atoms with Gasteiger partial charge in [0, 0.05) is 30.9 Å². The number of aryl methyl sites for hydroxylation is 1. The van der Waals surface area contributed by atoms with E-state index in [9.17, 15) is 4.79 Å². The number of aromatic nitrogens is 4. The van der Waals surface area contributed by atoms with Gasteiger partial charge in [0.15, 0.2) is 10.8 Å². The summed E-state index contributed by atoms with van der Waals surface area (Å²) in [5, 5.41) is 10.5. The number of fused-ring (bicyclic) bond motifs is 2. The van der Waals surface area contributed by atoms with Gasteiger partial charge in [-0.3, -0.25) is 9.20 Å². The zero-order valence-electron chi connectivity index (χ0n) is 14.6. The number of anilines is 1. The van der Waals surface area contributed by atoms with Crippen LogP contribution in [0.5, 0.6) is 0 Å². The van der Waals surface area contributed by atoms with Crippen LogP contribution in [0.15, 0.2) is 29.9 Å². The highest BCUT2D eigenvalue weighted by Crippen LogP contribution is 2.34. The fourth-order valence-corrected chi connectivity index (χ4v) is 4.96. The van der Waals surface area contributed by atoms with Crippen LogP contribution < -0.4 is 4.90 Å². The van der Waals surface area contributed by atoms with Crippen molar-refractivity contribution in [2.24, 2.45) is 0 Å². The predicted molar refractivity (Wildman–Crippen MR) is 99.4 cm³/mol. The smallest absolute Gasteiger partial charge is 0.228 e. The molecule has 0 unspecified atom stereocenters. The highest BCUT2D eigenvalue weighted by atomic mass is 32.1. The second-order valence-corrected chi connectivity index (χ2v) is 7.90. The van der Waals surface area contributed by atoms with Gasteiger partial charge in [-0.05, 0) is 31.9 Å². The molecular formula is C18H20N6OS. The lowest BCUT2D eigenvalue weighted by molar-refractivity contribution is -0.131. The van der Waals surface area contributed by atoms with Gasteiger partial charge in [0.2, 0.25) is 5.91 Å². The van der Waals surface area contributed by atoms with Gasteiger partial charge in [-0.25, -0.2) is 4.98 Å². The van der Waals surface area contributed by atoms with Crippen LogP contribution in [-0.4, -0.2) is 55.6 Å². The molecule has 7 nitrogen and oxygen atoms in total. The monoisotopic (exact) mass is 368 g/mol. The zero-order chi connectivity index (χ0) is 17.7. The maximum atomic E-state index is 12.9. The zero-order valence-corrected chi connectivity index (χ0v) is 15.4. The van der Waals surface area contributed by atoms with E-state index in [1.54, 1.807) is 11.3 Å². The summed E-state index contributed by atoms with van der Waals surface area (Å²) in [6.45, 7) is 3.68. The molecule has 0 aromatic carbocycles. The topological polar surface area (TPSA) is 66.6 Å². The van der Waals surface area contributed by atoms with Gasteiger partial charge in [0.1, 0.15) is 0 Å². The van der Waals surface area contributed by atoms with E-state index >= 15 is 0 Å². The number of hydrogen-bond donors (Lipinski definition) is 0. The molecule has 0 spiro atoms. The van der Waals surface area contributed by atoms with Crippen molar-refractivity contribution in [2.75, 3.05) is 18.0 Å². The van der Waals surface area contributed by atoms with E-state index < -0.39 is 0 Å². The van der Waals surface area contributed by atoms with Crippen molar-refractivity contribution in [3.8, 4) is 0 Å². The molecule has 134 valence electrons. The number of imidazole rings is 1. The first-order valence-electron chi connectivity index (χ1n) is 8.96. The van der Waals surface area contributed by atoms with Gasteiger partial charge in [0.25, 0.3) is 0 Å². The lowest BCUT2D eigenvalue weighted by Gasteiger charge is -2.26. The second kappa shape index (κ2) is 6.05. The van der Waals surface area contributed by atoms with Crippen LogP contribution in [0.1, 0.15) is 24.2 Å². The number of nitrogens with zero attached hydrogens (tertiary/aromatic N) is 6. The highest BCUT2D eigenvalue weighted by Gasteiger charge is 2.44. The average molecular weight is 368 g/mol. The van der Waals surface area contributed by atoms with Crippen molar-refractivity contribution in [3.05, 3.63) is 41.3 Å². The first kappa shape index (κ1) is 15.7. The standard InChI is InChI=1S/C18H20N6OS/c1-12-2-3-16(21-20-12)23-6-4-15-14(23)5-7-24(15)17(25)10-13-11-22-8-9-26-18(22)19-13/h2-3,8-9,11,14-15H,4-7,10H2,1H3/t14-,15-/m0/s1. The minimum atomic E-state index is 0.181. The SMILES string of the molecule is Cc1ccc(N2CC[C@H]3[C@@H]2CCN3C(=O)Cc2cn3ccsc3n2)nn1. The Bertz CT molecular complexity index is 920. The summed E-state index contributed by atoms with van der Waals surface area (Å²) in [5.41, 5.74) is 1.78. The van der Waals surface area contributed by atoms with Gasteiger partial charge >= 0.3 is 0 Å². The molecule has 26 heavy (non-hydrogen) atoms. The molecule has 2 aliphatic heterocycles. The van der Waals surface area contributed by atoms with Crippen molar-refractivity contribution in [3.63, 3.8) is 0 Å². The third-order valence-electron chi connectivity index (χ3n) is 5.45. The molecule has 5 heterocycles. The number of carbonyl (C=O) groups is 1. The third-order valence-corrected chi connectivity index (χ3v) is 6.22. The van der Waals surface area contributed by atoms with Gasteiger partial charge in [-0.1, -0.05) is 0 Å². The van der Waals surface area contributed by atoms with Crippen LogP contribution in [0.4, 0.5) is 5.82 Å². The Morgan fingerprint density at radius 3 is 2.92 bits per heavy atom. The Morgan fingerprint density at radius 1 is 1.23 bits per heavy atom. The first-order valence-corrected chi connectivity index (χ1v) is 9.84. The highest BCUT2D eigenvalue weighted by molar-refractivity contribution is 7.15. The molecule has 0 N–H and O–H groups in total. The quantitative estimate of drug-likeness (QED) is 0.707. The number of rotatable bonds is 3. The summed E-state index contributed by atoms with van der Waals surface area (Å²) >= 11 is 1.59. The van der Waals surface area contributed by atoms with E-state index in [-0.39, 0.29) is 11.9 Å². The molecule has 1 amide bonds. The van der Waals surface area contributed by atoms with Crippen LogP contribution in [0.3, 0.4) is 0 Å². The fourth-order valence-electron chi connectivity index (χ4n) is 4.24. The molecule has 0 aliphatic carbocycles. The van der Waals surface area contributed by atoms with Gasteiger partial charge in [-0.2, -0.15) is 5.10 Å². The Kier molecular flexibility index (Phi) is 3.66. The summed E-state index contributed by atoms with van der Waals surface area (Å²) in [5.74, 6) is 1.10. The maximum Gasteiger partial charge on any atom is 0.228 e. The average Bonchev–Trinajstić information content (AvgIpc) is 3.35. The molecule has 2 fully saturated rings. The summed E-state index contributed by atoms with van der Waals surface area (Å²) in [6, 6.07) is 4.65. The van der Waals surface area contributed by atoms with Gasteiger partial charge in [0.05, 0.1) is 29.9 Å². The van der Waals surface area contributed by atoms with Gasteiger partial charge in [-0.15, -0.1) is 16.4 Å². The van der Waals surface area contributed by atoms with Crippen molar-refractivity contribution < 1.29 is 4.79 Å². The van der Waals surface area contributed by atoms with Crippen molar-refractivity contribution >= 4 is 28.0 Å². The molecule has 2 atom stereocenters. The lowest BCUT2D eigenvalue weighted by atomic mass is 10.1. The van der Waals surface area contributed by atoms with E-state index in [1.807, 2.05) is 41.2 Å². The van der Waals surface area contributed by atoms with E-state index in [4.69, 9.17) is 0 Å². The molecule has 0 bridgehead atoms. The van der Waals surface area contributed by atoms with Crippen LogP contribution in [0.2, 0.25) is 0 Å². The fraction of sp³-hybridized carbons (Fsp3) is 0.444. The molecule has 2 saturated heterocycles. The third kappa shape index (κ3) is 2.56. The summed E-state index contributed by atoms with van der Waals surface area (Å²) < 4.78 is 1.98. The summed E-state index contributed by atoms with van der Waals surface area (Å²) in [4.78, 5) is 22.7. The molecule has 0 saturated carbocycles.